The Hall–Kier alpha value is -1.58. The van der Waals surface area contributed by atoms with Gasteiger partial charge in [-0.15, -0.1) is 0 Å². The zero-order chi connectivity index (χ0) is 10.7. The summed E-state index contributed by atoms with van der Waals surface area (Å²) < 4.78 is 17.7. The van der Waals surface area contributed by atoms with E-state index in [1.165, 1.54) is 13.2 Å². The molecule has 0 spiro atoms. The zero-order valence-electron chi connectivity index (χ0n) is 8.13. The molecular formula is C10H12FNO2. The molecule has 76 valence electrons. The molecule has 4 heteroatoms. The van der Waals surface area contributed by atoms with Gasteiger partial charge in [0.25, 0.3) is 0 Å². The molecule has 0 amide bonds. The molecule has 3 nitrogen and oxygen atoms in total. The largest absolute Gasteiger partial charge is 0.465 e. The molecule has 0 atom stereocenters. The molecule has 0 aliphatic heterocycles. The lowest BCUT2D eigenvalue weighted by molar-refractivity contribution is 0.0601. The maximum Gasteiger partial charge on any atom is 0.340 e. The zero-order valence-corrected chi connectivity index (χ0v) is 8.13. The first kappa shape index (κ1) is 10.5. The third-order valence-electron chi connectivity index (χ3n) is 2.00. The number of esters is 1. The molecule has 0 aliphatic rings. The Kier molecular flexibility index (Phi) is 3.06. The fourth-order valence-corrected chi connectivity index (χ4v) is 1.19. The number of anilines is 1. The lowest BCUT2D eigenvalue weighted by Gasteiger charge is -2.06. The summed E-state index contributed by atoms with van der Waals surface area (Å²) in [5.41, 5.74) is 6.39. The summed E-state index contributed by atoms with van der Waals surface area (Å²) in [6.45, 7) is 1.82. The van der Waals surface area contributed by atoms with Crippen molar-refractivity contribution in [3.63, 3.8) is 0 Å². The van der Waals surface area contributed by atoms with E-state index in [1.807, 2.05) is 6.92 Å². The number of hydrogen-bond donors (Lipinski definition) is 1. The van der Waals surface area contributed by atoms with Crippen LogP contribution in [0.15, 0.2) is 12.1 Å². The molecule has 0 heterocycles. The van der Waals surface area contributed by atoms with Crippen molar-refractivity contribution in [1.82, 2.24) is 0 Å². The van der Waals surface area contributed by atoms with Gasteiger partial charge in [-0.3, -0.25) is 0 Å². The van der Waals surface area contributed by atoms with Gasteiger partial charge in [0.15, 0.2) is 0 Å². The number of halogens is 1. The Morgan fingerprint density at radius 2 is 2.21 bits per heavy atom. The summed E-state index contributed by atoms with van der Waals surface area (Å²) in [4.78, 5) is 11.1. The van der Waals surface area contributed by atoms with Gasteiger partial charge in [0, 0.05) is 5.69 Å². The predicted molar refractivity (Wildman–Crippen MR) is 51.5 cm³/mol. The van der Waals surface area contributed by atoms with Gasteiger partial charge in [-0.2, -0.15) is 0 Å². The molecule has 1 rings (SSSR count). The average Bonchev–Trinajstić information content (AvgIpc) is 2.19. The molecule has 0 fully saturated rings. The maximum absolute atomic E-state index is 13.3. The predicted octanol–water partition coefficient (Wildman–Crippen LogP) is 1.76. The number of nitrogens with two attached hydrogens (primary N) is 1. The third kappa shape index (κ3) is 1.84. The topological polar surface area (TPSA) is 52.3 Å². The van der Waals surface area contributed by atoms with Gasteiger partial charge in [-0.25, -0.2) is 9.18 Å². The van der Waals surface area contributed by atoms with Crippen LogP contribution in [0.3, 0.4) is 0 Å². The van der Waals surface area contributed by atoms with Crippen molar-refractivity contribution in [1.29, 1.82) is 0 Å². The van der Waals surface area contributed by atoms with Crippen molar-refractivity contribution < 1.29 is 13.9 Å². The SMILES string of the molecule is CCc1cc(N)c(C(=O)OC)cc1F. The van der Waals surface area contributed by atoms with Gasteiger partial charge in [0.2, 0.25) is 0 Å². The average molecular weight is 197 g/mol. The molecule has 14 heavy (non-hydrogen) atoms. The monoisotopic (exact) mass is 197 g/mol. The molecule has 0 bridgehead atoms. The number of methoxy groups -OCH3 is 1. The number of aryl methyl sites for hydroxylation is 1. The van der Waals surface area contributed by atoms with Crippen LogP contribution in [0.5, 0.6) is 0 Å². The lowest BCUT2D eigenvalue weighted by atomic mass is 10.1. The highest BCUT2D eigenvalue weighted by molar-refractivity contribution is 5.95. The first-order valence-corrected chi connectivity index (χ1v) is 4.26. The molecule has 0 saturated carbocycles. The molecule has 1 aromatic rings. The summed E-state index contributed by atoms with van der Waals surface area (Å²) in [5.74, 6) is -1.05. The highest BCUT2D eigenvalue weighted by atomic mass is 19.1. The second-order valence-corrected chi connectivity index (χ2v) is 2.88. The van der Waals surface area contributed by atoms with E-state index in [0.29, 0.717) is 12.0 Å². The Balaban J connectivity index is 3.21. The lowest BCUT2D eigenvalue weighted by Crippen LogP contribution is -2.07. The highest BCUT2D eigenvalue weighted by Gasteiger charge is 2.13. The van der Waals surface area contributed by atoms with Crippen LogP contribution in [0.25, 0.3) is 0 Å². The van der Waals surface area contributed by atoms with E-state index < -0.39 is 11.8 Å². The number of carbonyl (C=O) groups excluding carboxylic acids is 1. The number of benzene rings is 1. The van der Waals surface area contributed by atoms with E-state index in [1.54, 1.807) is 0 Å². The van der Waals surface area contributed by atoms with Crippen molar-refractivity contribution in [2.75, 3.05) is 12.8 Å². The number of ether oxygens (including phenoxy) is 1. The van der Waals surface area contributed by atoms with Crippen molar-refractivity contribution in [3.05, 3.63) is 29.1 Å². The summed E-state index contributed by atoms with van der Waals surface area (Å²) in [6, 6.07) is 2.57. The number of nitrogen functional groups attached to an aromatic ring is 1. The standard InChI is InChI=1S/C10H12FNO2/c1-3-6-4-9(12)7(5-8(6)11)10(13)14-2/h4-5H,3,12H2,1-2H3. The fraction of sp³-hybridized carbons (Fsp3) is 0.300. The van der Waals surface area contributed by atoms with E-state index in [9.17, 15) is 9.18 Å². The second-order valence-electron chi connectivity index (χ2n) is 2.88. The van der Waals surface area contributed by atoms with E-state index in [-0.39, 0.29) is 11.3 Å². The minimum Gasteiger partial charge on any atom is -0.465 e. The molecule has 0 aromatic heterocycles. The Morgan fingerprint density at radius 3 is 2.71 bits per heavy atom. The van der Waals surface area contributed by atoms with Crippen LogP contribution in [0, 0.1) is 5.82 Å². The molecular weight excluding hydrogens is 185 g/mol. The maximum atomic E-state index is 13.3. The van der Waals surface area contributed by atoms with Crippen LogP contribution in [-0.4, -0.2) is 13.1 Å². The molecule has 1 aromatic carbocycles. The molecule has 0 saturated heterocycles. The van der Waals surface area contributed by atoms with Gasteiger partial charge in [-0.1, -0.05) is 6.92 Å². The van der Waals surface area contributed by atoms with Gasteiger partial charge in [0.1, 0.15) is 5.82 Å². The number of hydrogen-bond acceptors (Lipinski definition) is 3. The Bertz CT molecular complexity index is 363. The van der Waals surface area contributed by atoms with E-state index in [2.05, 4.69) is 4.74 Å². The van der Waals surface area contributed by atoms with Crippen LogP contribution < -0.4 is 5.73 Å². The van der Waals surface area contributed by atoms with Gasteiger partial charge in [0.05, 0.1) is 12.7 Å². The third-order valence-corrected chi connectivity index (χ3v) is 2.00. The molecule has 2 N–H and O–H groups in total. The molecule has 0 radical (unpaired) electrons. The molecule has 0 aliphatic carbocycles. The minimum absolute atomic E-state index is 0.0715. The Morgan fingerprint density at radius 1 is 1.57 bits per heavy atom. The van der Waals surface area contributed by atoms with Gasteiger partial charge < -0.3 is 10.5 Å². The number of carbonyl (C=O) groups is 1. The van der Waals surface area contributed by atoms with E-state index in [0.717, 1.165) is 6.07 Å². The first-order valence-electron chi connectivity index (χ1n) is 4.26. The highest BCUT2D eigenvalue weighted by Crippen LogP contribution is 2.19. The molecule has 0 unspecified atom stereocenters. The normalized spacial score (nSPS) is 9.93. The first-order chi connectivity index (χ1) is 6.60. The van der Waals surface area contributed by atoms with Crippen molar-refractivity contribution >= 4 is 11.7 Å². The van der Waals surface area contributed by atoms with Crippen LogP contribution >= 0.6 is 0 Å². The van der Waals surface area contributed by atoms with E-state index in [4.69, 9.17) is 5.73 Å². The summed E-state index contributed by atoms with van der Waals surface area (Å²) in [5, 5.41) is 0. The quantitative estimate of drug-likeness (QED) is 0.580. The van der Waals surface area contributed by atoms with Gasteiger partial charge in [-0.05, 0) is 24.1 Å². The minimum atomic E-state index is -0.621. The van der Waals surface area contributed by atoms with Crippen LogP contribution in [0.2, 0.25) is 0 Å². The van der Waals surface area contributed by atoms with Crippen LogP contribution in [0.4, 0.5) is 10.1 Å². The van der Waals surface area contributed by atoms with Crippen molar-refractivity contribution in [2.24, 2.45) is 0 Å². The van der Waals surface area contributed by atoms with Crippen LogP contribution in [-0.2, 0) is 11.2 Å². The second kappa shape index (κ2) is 4.09. The summed E-state index contributed by atoms with van der Waals surface area (Å²) >= 11 is 0. The van der Waals surface area contributed by atoms with Gasteiger partial charge >= 0.3 is 5.97 Å². The Labute approximate surface area is 81.7 Å². The summed E-state index contributed by atoms with van der Waals surface area (Å²) in [6.07, 6.45) is 0.539. The van der Waals surface area contributed by atoms with Crippen LogP contribution in [0.1, 0.15) is 22.8 Å². The van der Waals surface area contributed by atoms with E-state index >= 15 is 0 Å². The van der Waals surface area contributed by atoms with Crippen molar-refractivity contribution in [2.45, 2.75) is 13.3 Å². The fourth-order valence-electron chi connectivity index (χ4n) is 1.19. The van der Waals surface area contributed by atoms with Crippen molar-refractivity contribution in [3.8, 4) is 0 Å². The smallest absolute Gasteiger partial charge is 0.340 e. The summed E-state index contributed by atoms with van der Waals surface area (Å²) in [7, 11) is 1.23. The number of rotatable bonds is 2.